The van der Waals surface area contributed by atoms with Gasteiger partial charge in [-0.15, -0.1) is 0 Å². The van der Waals surface area contributed by atoms with E-state index in [2.05, 4.69) is 29.8 Å². The predicted octanol–water partition coefficient (Wildman–Crippen LogP) is 2.45. The number of likely N-dealkylation sites (N-methyl/N-ethyl adjacent to an activating group) is 1. The molecule has 1 heterocycles. The van der Waals surface area contributed by atoms with Gasteiger partial charge in [-0.2, -0.15) is 0 Å². The molecule has 19 heavy (non-hydrogen) atoms. The topological polar surface area (TPSA) is 37.6 Å². The van der Waals surface area contributed by atoms with Gasteiger partial charge in [-0.25, -0.2) is 0 Å². The number of rotatable bonds is 6. The molecule has 2 rings (SSSR count). The quantitative estimate of drug-likeness (QED) is 0.869. The van der Waals surface area contributed by atoms with E-state index in [0.29, 0.717) is 19.1 Å². The second kappa shape index (κ2) is 6.08. The van der Waals surface area contributed by atoms with Gasteiger partial charge in [0.15, 0.2) is 0 Å². The Morgan fingerprint density at radius 1 is 1.32 bits per heavy atom. The zero-order valence-corrected chi connectivity index (χ0v) is 11.9. The fourth-order valence-electron chi connectivity index (χ4n) is 2.25. The number of fused-ring (bicyclic) bond motifs is 1. The van der Waals surface area contributed by atoms with Crippen molar-refractivity contribution in [1.29, 1.82) is 0 Å². The molecule has 0 saturated carbocycles. The molecule has 0 aliphatic heterocycles. The van der Waals surface area contributed by atoms with Crippen molar-refractivity contribution in [3.8, 4) is 5.75 Å². The van der Waals surface area contributed by atoms with E-state index >= 15 is 0 Å². The number of nitrogens with zero attached hydrogens (tertiary/aromatic N) is 2. The van der Waals surface area contributed by atoms with Gasteiger partial charge in [-0.1, -0.05) is 6.07 Å². The molecular weight excluding hydrogens is 240 g/mol. The zero-order chi connectivity index (χ0) is 13.8. The van der Waals surface area contributed by atoms with Crippen molar-refractivity contribution >= 4 is 10.9 Å². The Hall–Kier alpha value is -1.52. The zero-order valence-electron chi connectivity index (χ0n) is 11.9. The first-order chi connectivity index (χ1) is 9.13. The first kappa shape index (κ1) is 13.9. The normalized spacial score (nSPS) is 11.6. The van der Waals surface area contributed by atoms with E-state index in [1.165, 1.54) is 5.56 Å². The Labute approximate surface area is 114 Å². The lowest BCUT2D eigenvalue weighted by molar-refractivity contribution is 0.0908. The van der Waals surface area contributed by atoms with Gasteiger partial charge < -0.3 is 19.3 Å². The molecule has 0 aliphatic carbocycles. The largest absolute Gasteiger partial charge is 0.507 e. The van der Waals surface area contributed by atoms with Crippen LogP contribution in [0.5, 0.6) is 5.75 Å². The highest BCUT2D eigenvalue weighted by molar-refractivity contribution is 5.89. The van der Waals surface area contributed by atoms with Crippen molar-refractivity contribution in [3.05, 3.63) is 30.0 Å². The maximum Gasteiger partial charge on any atom is 0.125 e. The van der Waals surface area contributed by atoms with E-state index in [-0.39, 0.29) is 0 Å². The molecule has 0 saturated heterocycles. The summed E-state index contributed by atoms with van der Waals surface area (Å²) in [5.41, 5.74) is 2.20. The molecule has 0 bridgehead atoms. The van der Waals surface area contributed by atoms with E-state index in [1.54, 1.807) is 6.07 Å². The van der Waals surface area contributed by atoms with Gasteiger partial charge in [0.2, 0.25) is 0 Å². The van der Waals surface area contributed by atoms with Crippen LogP contribution in [0, 0.1) is 0 Å². The molecule has 4 heteroatoms. The number of phenols is 1. The maximum atomic E-state index is 10.1. The SMILES string of the molecule is CCOCn1cc(CCN(C)C)c2c(O)cccc21. The lowest BCUT2D eigenvalue weighted by Gasteiger charge is -2.08. The minimum absolute atomic E-state index is 0.349. The van der Waals surface area contributed by atoms with E-state index in [4.69, 9.17) is 4.74 Å². The first-order valence-corrected chi connectivity index (χ1v) is 6.65. The molecule has 0 atom stereocenters. The van der Waals surface area contributed by atoms with E-state index in [1.807, 2.05) is 19.1 Å². The Balaban J connectivity index is 2.38. The third-order valence-electron chi connectivity index (χ3n) is 3.23. The monoisotopic (exact) mass is 262 g/mol. The molecule has 0 fully saturated rings. The number of aromatic nitrogens is 1. The van der Waals surface area contributed by atoms with Gasteiger partial charge >= 0.3 is 0 Å². The molecule has 104 valence electrons. The summed E-state index contributed by atoms with van der Waals surface area (Å²) in [6, 6.07) is 5.63. The average molecular weight is 262 g/mol. The number of benzene rings is 1. The predicted molar refractivity (Wildman–Crippen MR) is 77.5 cm³/mol. The standard InChI is InChI=1S/C15H22N2O2/c1-4-19-11-17-10-12(8-9-16(2)3)15-13(17)6-5-7-14(15)18/h5-7,10,18H,4,8-9,11H2,1-3H3. The van der Waals surface area contributed by atoms with Gasteiger partial charge in [0, 0.05) is 24.7 Å². The van der Waals surface area contributed by atoms with Gasteiger partial charge in [0.1, 0.15) is 12.5 Å². The molecule has 0 unspecified atom stereocenters. The van der Waals surface area contributed by atoms with Crippen molar-refractivity contribution in [3.63, 3.8) is 0 Å². The lowest BCUT2D eigenvalue weighted by atomic mass is 10.1. The Bertz CT molecular complexity index is 546. The Morgan fingerprint density at radius 2 is 2.11 bits per heavy atom. The first-order valence-electron chi connectivity index (χ1n) is 6.65. The van der Waals surface area contributed by atoms with Crippen LogP contribution in [0.1, 0.15) is 12.5 Å². The highest BCUT2D eigenvalue weighted by atomic mass is 16.5. The van der Waals surface area contributed by atoms with Crippen molar-refractivity contribution < 1.29 is 9.84 Å². The van der Waals surface area contributed by atoms with Crippen LogP contribution >= 0.6 is 0 Å². The molecule has 1 N–H and O–H groups in total. The van der Waals surface area contributed by atoms with E-state index in [9.17, 15) is 5.11 Å². The summed E-state index contributed by atoms with van der Waals surface area (Å²) in [5, 5.41) is 11.0. The van der Waals surface area contributed by atoms with Gasteiger partial charge in [-0.05, 0) is 45.1 Å². The van der Waals surface area contributed by atoms with E-state index < -0.39 is 0 Å². The van der Waals surface area contributed by atoms with Crippen LogP contribution < -0.4 is 0 Å². The maximum absolute atomic E-state index is 10.1. The summed E-state index contributed by atoms with van der Waals surface area (Å²) in [6.45, 7) is 4.15. The highest BCUT2D eigenvalue weighted by Gasteiger charge is 2.12. The van der Waals surface area contributed by atoms with E-state index in [0.717, 1.165) is 23.9 Å². The number of hydrogen-bond donors (Lipinski definition) is 1. The average Bonchev–Trinajstić information content (AvgIpc) is 2.73. The molecule has 0 radical (unpaired) electrons. The van der Waals surface area contributed by atoms with Crippen LogP contribution in [0.2, 0.25) is 0 Å². The van der Waals surface area contributed by atoms with Crippen molar-refractivity contribution in [1.82, 2.24) is 9.47 Å². The molecule has 0 amide bonds. The minimum atomic E-state index is 0.349. The van der Waals surface area contributed by atoms with Crippen molar-refractivity contribution in [2.45, 2.75) is 20.1 Å². The summed E-state index contributed by atoms with van der Waals surface area (Å²) in [7, 11) is 4.11. The van der Waals surface area contributed by atoms with Crippen LogP contribution in [0.15, 0.2) is 24.4 Å². The summed E-state index contributed by atoms with van der Waals surface area (Å²) < 4.78 is 7.54. The Morgan fingerprint density at radius 3 is 2.79 bits per heavy atom. The summed E-state index contributed by atoms with van der Waals surface area (Å²) >= 11 is 0. The second-order valence-corrected chi connectivity index (χ2v) is 4.97. The molecular formula is C15H22N2O2. The van der Waals surface area contributed by atoms with Crippen LogP contribution in [-0.4, -0.2) is 41.8 Å². The second-order valence-electron chi connectivity index (χ2n) is 4.97. The van der Waals surface area contributed by atoms with Gasteiger partial charge in [-0.3, -0.25) is 0 Å². The van der Waals surface area contributed by atoms with Gasteiger partial charge in [0.25, 0.3) is 0 Å². The van der Waals surface area contributed by atoms with Crippen LogP contribution in [0.4, 0.5) is 0 Å². The summed E-state index contributed by atoms with van der Waals surface area (Å²) in [6.07, 6.45) is 3.00. The fourth-order valence-corrected chi connectivity index (χ4v) is 2.25. The third kappa shape index (κ3) is 3.08. The summed E-state index contributed by atoms with van der Waals surface area (Å²) in [4.78, 5) is 2.14. The highest BCUT2D eigenvalue weighted by Crippen LogP contribution is 2.30. The van der Waals surface area contributed by atoms with Crippen molar-refractivity contribution in [2.75, 3.05) is 27.2 Å². The lowest BCUT2D eigenvalue weighted by Crippen LogP contribution is -2.14. The van der Waals surface area contributed by atoms with Crippen LogP contribution in [0.3, 0.4) is 0 Å². The smallest absolute Gasteiger partial charge is 0.125 e. The third-order valence-corrected chi connectivity index (χ3v) is 3.23. The molecule has 0 aliphatic rings. The molecule has 2 aromatic rings. The van der Waals surface area contributed by atoms with Crippen LogP contribution in [0.25, 0.3) is 10.9 Å². The van der Waals surface area contributed by atoms with Crippen LogP contribution in [-0.2, 0) is 17.9 Å². The Kier molecular flexibility index (Phi) is 4.45. The molecule has 1 aromatic heterocycles. The number of ether oxygens (including phenoxy) is 1. The van der Waals surface area contributed by atoms with Gasteiger partial charge in [0.05, 0.1) is 5.52 Å². The molecule has 4 nitrogen and oxygen atoms in total. The number of hydrogen-bond acceptors (Lipinski definition) is 3. The fraction of sp³-hybridized carbons (Fsp3) is 0.467. The molecule has 0 spiro atoms. The number of aromatic hydroxyl groups is 1. The number of phenolic OH excluding ortho intramolecular Hbond substituents is 1. The minimum Gasteiger partial charge on any atom is -0.507 e. The molecule has 1 aromatic carbocycles. The van der Waals surface area contributed by atoms with Crippen molar-refractivity contribution in [2.24, 2.45) is 0 Å². The summed E-state index contributed by atoms with van der Waals surface area (Å²) in [5.74, 6) is 0.349.